The number of aromatic nitrogens is 4. The van der Waals surface area contributed by atoms with Crippen LogP contribution in [0.15, 0.2) is 30.7 Å². The van der Waals surface area contributed by atoms with Gasteiger partial charge in [-0.3, -0.25) is 4.68 Å². The van der Waals surface area contributed by atoms with Gasteiger partial charge in [0.25, 0.3) is 0 Å². The minimum absolute atomic E-state index is 0.283. The molecule has 0 unspecified atom stereocenters. The van der Waals surface area contributed by atoms with Gasteiger partial charge >= 0.3 is 0 Å². The molecule has 3 rings (SSSR count). The Labute approximate surface area is 107 Å². The summed E-state index contributed by atoms with van der Waals surface area (Å²) < 4.78 is 15.7. The predicted molar refractivity (Wildman–Crippen MR) is 66.7 cm³/mol. The molecule has 90 valence electrons. The molecule has 0 N–H and O–H groups in total. The first-order chi connectivity index (χ1) is 8.65. The number of nitrogens with zero attached hydrogens (tertiary/aromatic N) is 4. The zero-order chi connectivity index (χ0) is 12.7. The van der Waals surface area contributed by atoms with Gasteiger partial charge in [-0.05, 0) is 6.07 Å². The second kappa shape index (κ2) is 4.03. The number of aryl methyl sites for hydroxylation is 1. The van der Waals surface area contributed by atoms with Crippen LogP contribution >= 0.6 is 11.6 Å². The Bertz CT molecular complexity index is 738. The van der Waals surface area contributed by atoms with Gasteiger partial charge in [0, 0.05) is 30.1 Å². The van der Waals surface area contributed by atoms with Gasteiger partial charge in [-0.25, -0.2) is 14.4 Å². The summed E-state index contributed by atoms with van der Waals surface area (Å²) in [5, 5.41) is 5.21. The Hall–Kier alpha value is -2.01. The number of hydrogen-bond acceptors (Lipinski definition) is 3. The molecule has 4 nitrogen and oxygen atoms in total. The molecule has 6 heteroatoms. The van der Waals surface area contributed by atoms with Crippen LogP contribution in [0.25, 0.3) is 22.2 Å². The van der Waals surface area contributed by atoms with Crippen molar-refractivity contribution in [3.63, 3.8) is 0 Å². The molecule has 0 amide bonds. The van der Waals surface area contributed by atoms with E-state index in [0.717, 1.165) is 10.9 Å². The molecule has 3 aromatic rings. The highest BCUT2D eigenvalue weighted by Gasteiger charge is 2.11. The van der Waals surface area contributed by atoms with E-state index in [0.29, 0.717) is 11.3 Å². The molecule has 0 spiro atoms. The van der Waals surface area contributed by atoms with Crippen LogP contribution in [0.5, 0.6) is 0 Å². The van der Waals surface area contributed by atoms with Gasteiger partial charge in [-0.15, -0.1) is 0 Å². The van der Waals surface area contributed by atoms with Crippen molar-refractivity contribution in [3.8, 4) is 11.3 Å². The standard InChI is InChI=1S/C12H8ClFN4/c1-18-11-3-9(14)8(2-7(11)5-17-18)10-4-12(13)16-6-15-10/h2-6H,1H3. The zero-order valence-corrected chi connectivity index (χ0v) is 10.2. The number of rotatable bonds is 1. The quantitative estimate of drug-likeness (QED) is 0.634. The van der Waals surface area contributed by atoms with E-state index < -0.39 is 0 Å². The van der Waals surface area contributed by atoms with Crippen LogP contribution in [0.1, 0.15) is 0 Å². The van der Waals surface area contributed by atoms with Crippen LogP contribution in [0, 0.1) is 5.82 Å². The maximum atomic E-state index is 14.0. The molecule has 0 aliphatic heterocycles. The molecule has 1 aromatic carbocycles. The monoisotopic (exact) mass is 262 g/mol. The maximum Gasteiger partial charge on any atom is 0.134 e. The zero-order valence-electron chi connectivity index (χ0n) is 9.43. The van der Waals surface area contributed by atoms with Crippen LogP contribution in [0.2, 0.25) is 5.15 Å². The predicted octanol–water partition coefficient (Wildman–Crippen LogP) is 2.82. The highest BCUT2D eigenvalue weighted by Crippen LogP contribution is 2.26. The molecule has 0 saturated heterocycles. The van der Waals surface area contributed by atoms with Gasteiger partial charge in [0.05, 0.1) is 17.4 Å². The second-order valence-electron chi connectivity index (χ2n) is 3.89. The van der Waals surface area contributed by atoms with Gasteiger partial charge in [0.2, 0.25) is 0 Å². The Morgan fingerprint density at radius 1 is 1.22 bits per heavy atom. The molecule has 0 radical (unpaired) electrons. The number of fused-ring (bicyclic) bond motifs is 1. The van der Waals surface area contributed by atoms with Crippen molar-refractivity contribution in [2.45, 2.75) is 0 Å². The summed E-state index contributed by atoms with van der Waals surface area (Å²) in [6, 6.07) is 4.67. The first-order valence-electron chi connectivity index (χ1n) is 5.24. The summed E-state index contributed by atoms with van der Waals surface area (Å²) in [7, 11) is 1.77. The number of benzene rings is 1. The van der Waals surface area contributed by atoms with E-state index in [2.05, 4.69) is 15.1 Å². The number of hydrogen-bond donors (Lipinski definition) is 0. The summed E-state index contributed by atoms with van der Waals surface area (Å²) in [6.45, 7) is 0. The van der Waals surface area contributed by atoms with Crippen LogP contribution in [0.4, 0.5) is 4.39 Å². The fraction of sp³-hybridized carbons (Fsp3) is 0.0833. The third-order valence-corrected chi connectivity index (χ3v) is 2.95. The summed E-state index contributed by atoms with van der Waals surface area (Å²) in [6.07, 6.45) is 2.99. The molecule has 0 aliphatic carbocycles. The maximum absolute atomic E-state index is 14.0. The van der Waals surface area contributed by atoms with Crippen molar-refractivity contribution in [1.29, 1.82) is 0 Å². The summed E-state index contributed by atoms with van der Waals surface area (Å²) in [5.41, 5.74) is 1.58. The fourth-order valence-corrected chi connectivity index (χ4v) is 2.00. The van der Waals surface area contributed by atoms with Crippen LogP contribution in [-0.2, 0) is 7.05 Å². The minimum Gasteiger partial charge on any atom is -0.268 e. The third-order valence-electron chi connectivity index (χ3n) is 2.74. The SMILES string of the molecule is Cn1ncc2cc(-c3cc(Cl)ncn3)c(F)cc21. The Morgan fingerprint density at radius 3 is 2.83 bits per heavy atom. The first-order valence-corrected chi connectivity index (χ1v) is 5.62. The second-order valence-corrected chi connectivity index (χ2v) is 4.27. The van der Waals surface area contributed by atoms with E-state index >= 15 is 0 Å². The van der Waals surface area contributed by atoms with Gasteiger partial charge in [0.1, 0.15) is 17.3 Å². The lowest BCUT2D eigenvalue weighted by Crippen LogP contribution is -1.92. The Morgan fingerprint density at radius 2 is 2.06 bits per heavy atom. The average molecular weight is 263 g/mol. The van der Waals surface area contributed by atoms with Crippen molar-refractivity contribution in [3.05, 3.63) is 41.7 Å². The highest BCUT2D eigenvalue weighted by molar-refractivity contribution is 6.29. The van der Waals surface area contributed by atoms with Crippen LogP contribution < -0.4 is 0 Å². The van der Waals surface area contributed by atoms with E-state index in [1.807, 2.05) is 0 Å². The topological polar surface area (TPSA) is 43.6 Å². The molecule has 0 atom stereocenters. The molecule has 2 heterocycles. The fourth-order valence-electron chi connectivity index (χ4n) is 1.85. The molecule has 0 fully saturated rings. The van der Waals surface area contributed by atoms with Crippen molar-refractivity contribution < 1.29 is 4.39 Å². The lowest BCUT2D eigenvalue weighted by atomic mass is 10.1. The Kier molecular flexibility index (Phi) is 2.48. The van der Waals surface area contributed by atoms with Gasteiger partial charge in [-0.1, -0.05) is 11.6 Å². The molecule has 0 saturated carbocycles. The lowest BCUT2D eigenvalue weighted by Gasteiger charge is -2.03. The summed E-state index contributed by atoms with van der Waals surface area (Å²) in [4.78, 5) is 7.80. The summed E-state index contributed by atoms with van der Waals surface area (Å²) >= 11 is 5.78. The van der Waals surface area contributed by atoms with E-state index in [-0.39, 0.29) is 11.0 Å². The lowest BCUT2D eigenvalue weighted by molar-refractivity contribution is 0.631. The average Bonchev–Trinajstić information content (AvgIpc) is 2.70. The van der Waals surface area contributed by atoms with Crippen molar-refractivity contribution >= 4 is 22.5 Å². The normalized spacial score (nSPS) is 11.1. The third kappa shape index (κ3) is 1.73. The largest absolute Gasteiger partial charge is 0.268 e. The first kappa shape index (κ1) is 11.1. The van der Waals surface area contributed by atoms with Gasteiger partial charge < -0.3 is 0 Å². The van der Waals surface area contributed by atoms with E-state index in [1.165, 1.54) is 18.5 Å². The van der Waals surface area contributed by atoms with Crippen LogP contribution in [0.3, 0.4) is 0 Å². The van der Waals surface area contributed by atoms with Gasteiger partial charge in [-0.2, -0.15) is 5.10 Å². The number of halogens is 2. The smallest absolute Gasteiger partial charge is 0.134 e. The molecule has 2 aromatic heterocycles. The molecular weight excluding hydrogens is 255 g/mol. The van der Waals surface area contributed by atoms with Crippen LogP contribution in [-0.4, -0.2) is 19.7 Å². The molecule has 0 bridgehead atoms. The van der Waals surface area contributed by atoms with Crippen molar-refractivity contribution in [1.82, 2.24) is 19.7 Å². The van der Waals surface area contributed by atoms with Crippen molar-refractivity contribution in [2.75, 3.05) is 0 Å². The Balaban J connectivity index is 2.26. The molecular formula is C12H8ClFN4. The van der Waals surface area contributed by atoms with E-state index in [9.17, 15) is 4.39 Å². The molecule has 18 heavy (non-hydrogen) atoms. The molecule has 0 aliphatic rings. The van der Waals surface area contributed by atoms with E-state index in [1.54, 1.807) is 24.0 Å². The highest BCUT2D eigenvalue weighted by atomic mass is 35.5. The van der Waals surface area contributed by atoms with E-state index in [4.69, 9.17) is 11.6 Å². The van der Waals surface area contributed by atoms with Crippen molar-refractivity contribution in [2.24, 2.45) is 7.05 Å². The van der Waals surface area contributed by atoms with Gasteiger partial charge in [0.15, 0.2) is 0 Å². The summed E-state index contributed by atoms with van der Waals surface area (Å²) in [5.74, 6) is -0.360. The minimum atomic E-state index is -0.360.